The molecule has 0 unspecified atom stereocenters. The minimum absolute atomic E-state index is 0.694. The van der Waals surface area contributed by atoms with Crippen molar-refractivity contribution in [1.82, 2.24) is 19.3 Å². The van der Waals surface area contributed by atoms with Gasteiger partial charge in [0.15, 0.2) is 5.82 Å². The number of rotatable bonds is 1. The Kier molecular flexibility index (Phi) is 2.38. The molecule has 0 aliphatic heterocycles. The van der Waals surface area contributed by atoms with Gasteiger partial charge in [0, 0.05) is 7.05 Å². The molecule has 2 N–H and O–H groups in total. The SMILES string of the molecule is Cc1cc2ncn(-c3c(N)c(C)nn3C)c2cc1C. The van der Waals surface area contributed by atoms with Crippen LogP contribution in [0, 0.1) is 20.8 Å². The normalized spacial score (nSPS) is 11.4. The number of aryl methyl sites for hydroxylation is 4. The minimum Gasteiger partial charge on any atom is -0.394 e. The molecule has 1 aromatic carbocycles. The van der Waals surface area contributed by atoms with Gasteiger partial charge in [-0.05, 0) is 44.0 Å². The van der Waals surface area contributed by atoms with E-state index in [4.69, 9.17) is 5.73 Å². The van der Waals surface area contributed by atoms with Gasteiger partial charge in [0.05, 0.1) is 22.4 Å². The maximum Gasteiger partial charge on any atom is 0.160 e. The van der Waals surface area contributed by atoms with E-state index < -0.39 is 0 Å². The predicted molar refractivity (Wildman–Crippen MR) is 76.5 cm³/mol. The van der Waals surface area contributed by atoms with Crippen molar-refractivity contribution in [3.63, 3.8) is 0 Å². The monoisotopic (exact) mass is 255 g/mol. The lowest BCUT2D eigenvalue weighted by molar-refractivity contribution is 0.727. The zero-order chi connectivity index (χ0) is 13.7. The maximum atomic E-state index is 6.12. The molecule has 0 radical (unpaired) electrons. The highest BCUT2D eigenvalue weighted by Gasteiger charge is 2.15. The second kappa shape index (κ2) is 3.85. The third-order valence-corrected chi connectivity index (χ3v) is 3.63. The van der Waals surface area contributed by atoms with Crippen molar-refractivity contribution in [1.29, 1.82) is 0 Å². The number of fused-ring (bicyclic) bond motifs is 1. The Labute approximate surface area is 111 Å². The Bertz CT molecular complexity index is 779. The molecule has 0 saturated heterocycles. The number of imidazole rings is 1. The minimum atomic E-state index is 0.694. The molecule has 3 rings (SSSR count). The molecule has 0 fully saturated rings. The number of hydrogen-bond acceptors (Lipinski definition) is 3. The molecule has 0 saturated carbocycles. The molecule has 19 heavy (non-hydrogen) atoms. The van der Waals surface area contributed by atoms with E-state index in [-0.39, 0.29) is 0 Å². The summed E-state index contributed by atoms with van der Waals surface area (Å²) < 4.78 is 3.79. The Morgan fingerprint density at radius 1 is 1.11 bits per heavy atom. The first-order valence-electron chi connectivity index (χ1n) is 6.23. The summed E-state index contributed by atoms with van der Waals surface area (Å²) in [6, 6.07) is 4.24. The van der Waals surface area contributed by atoms with Gasteiger partial charge >= 0.3 is 0 Å². The lowest BCUT2D eigenvalue weighted by Gasteiger charge is -2.07. The lowest BCUT2D eigenvalue weighted by atomic mass is 10.1. The van der Waals surface area contributed by atoms with Gasteiger partial charge < -0.3 is 5.73 Å². The number of aromatic nitrogens is 4. The molecule has 98 valence electrons. The van der Waals surface area contributed by atoms with E-state index in [0.717, 1.165) is 22.5 Å². The van der Waals surface area contributed by atoms with Crippen molar-refractivity contribution in [3.8, 4) is 5.82 Å². The largest absolute Gasteiger partial charge is 0.394 e. The summed E-state index contributed by atoms with van der Waals surface area (Å²) in [5.74, 6) is 0.864. The fourth-order valence-electron chi connectivity index (χ4n) is 2.38. The van der Waals surface area contributed by atoms with Gasteiger partial charge in [-0.3, -0.25) is 4.57 Å². The number of hydrogen-bond donors (Lipinski definition) is 1. The Hall–Kier alpha value is -2.30. The number of anilines is 1. The highest BCUT2D eigenvalue weighted by atomic mass is 15.3. The standard InChI is InChI=1S/C14H17N5/c1-8-5-11-12(6-9(8)2)19(7-16-11)14-13(15)10(3)17-18(14)4/h5-7H,15H2,1-4H3. The van der Waals surface area contributed by atoms with Crippen LogP contribution in [-0.4, -0.2) is 19.3 Å². The average molecular weight is 255 g/mol. The molecule has 0 aliphatic carbocycles. The van der Waals surface area contributed by atoms with Crippen molar-refractivity contribution < 1.29 is 0 Å². The van der Waals surface area contributed by atoms with Crippen LogP contribution in [0.1, 0.15) is 16.8 Å². The molecule has 2 heterocycles. The van der Waals surface area contributed by atoms with Crippen LogP contribution in [0.3, 0.4) is 0 Å². The molecule has 0 aliphatic rings. The zero-order valence-electron chi connectivity index (χ0n) is 11.6. The highest BCUT2D eigenvalue weighted by Crippen LogP contribution is 2.26. The first kappa shape index (κ1) is 11.8. The van der Waals surface area contributed by atoms with Crippen LogP contribution in [0.25, 0.3) is 16.9 Å². The summed E-state index contributed by atoms with van der Waals surface area (Å²) in [6.45, 7) is 6.10. The molecule has 0 atom stereocenters. The summed E-state index contributed by atoms with van der Waals surface area (Å²) in [6.07, 6.45) is 1.80. The number of nitrogen functional groups attached to an aromatic ring is 1. The van der Waals surface area contributed by atoms with E-state index in [1.807, 2.05) is 18.5 Å². The third kappa shape index (κ3) is 1.62. The second-order valence-electron chi connectivity index (χ2n) is 4.99. The molecule has 0 spiro atoms. The van der Waals surface area contributed by atoms with E-state index in [0.29, 0.717) is 5.69 Å². The van der Waals surface area contributed by atoms with Crippen molar-refractivity contribution in [3.05, 3.63) is 35.3 Å². The average Bonchev–Trinajstić information content (AvgIpc) is 2.83. The van der Waals surface area contributed by atoms with E-state index in [2.05, 4.69) is 36.1 Å². The molecule has 5 heteroatoms. The Morgan fingerprint density at radius 3 is 2.42 bits per heavy atom. The van der Waals surface area contributed by atoms with Crippen LogP contribution in [0.15, 0.2) is 18.5 Å². The molecular formula is C14H17N5. The summed E-state index contributed by atoms with van der Waals surface area (Å²) in [4.78, 5) is 4.45. The van der Waals surface area contributed by atoms with Gasteiger partial charge in [-0.2, -0.15) is 5.10 Å². The lowest BCUT2D eigenvalue weighted by Crippen LogP contribution is -2.04. The molecule has 0 amide bonds. The topological polar surface area (TPSA) is 61.7 Å². The second-order valence-corrected chi connectivity index (χ2v) is 4.99. The van der Waals surface area contributed by atoms with Gasteiger partial charge in [0.1, 0.15) is 6.33 Å². The van der Waals surface area contributed by atoms with Crippen LogP contribution in [-0.2, 0) is 7.05 Å². The van der Waals surface area contributed by atoms with E-state index in [1.165, 1.54) is 11.1 Å². The number of nitrogens with two attached hydrogens (primary N) is 1. The van der Waals surface area contributed by atoms with E-state index in [9.17, 15) is 0 Å². The van der Waals surface area contributed by atoms with Crippen LogP contribution in [0.5, 0.6) is 0 Å². The number of nitrogens with zero attached hydrogens (tertiary/aromatic N) is 4. The summed E-state index contributed by atoms with van der Waals surface area (Å²) in [5.41, 5.74) is 12.2. The van der Waals surface area contributed by atoms with Gasteiger partial charge in [-0.15, -0.1) is 0 Å². The van der Waals surface area contributed by atoms with E-state index in [1.54, 1.807) is 11.0 Å². The Morgan fingerprint density at radius 2 is 1.79 bits per heavy atom. The third-order valence-electron chi connectivity index (χ3n) is 3.63. The molecule has 5 nitrogen and oxygen atoms in total. The summed E-state index contributed by atoms with van der Waals surface area (Å²) in [7, 11) is 1.89. The van der Waals surface area contributed by atoms with Crippen molar-refractivity contribution in [2.75, 3.05) is 5.73 Å². The van der Waals surface area contributed by atoms with Crippen molar-refractivity contribution >= 4 is 16.7 Å². The summed E-state index contributed by atoms with van der Waals surface area (Å²) >= 11 is 0. The smallest absolute Gasteiger partial charge is 0.160 e. The predicted octanol–water partition coefficient (Wildman–Crippen LogP) is 2.27. The summed E-state index contributed by atoms with van der Waals surface area (Å²) in [5, 5.41) is 4.36. The molecule has 3 aromatic rings. The van der Waals surface area contributed by atoms with Gasteiger partial charge in [-0.1, -0.05) is 0 Å². The quantitative estimate of drug-likeness (QED) is 0.725. The zero-order valence-corrected chi connectivity index (χ0v) is 11.6. The van der Waals surface area contributed by atoms with Crippen molar-refractivity contribution in [2.24, 2.45) is 7.05 Å². The maximum absolute atomic E-state index is 6.12. The number of benzene rings is 1. The van der Waals surface area contributed by atoms with Gasteiger partial charge in [0.2, 0.25) is 0 Å². The fourth-order valence-corrected chi connectivity index (χ4v) is 2.38. The molecule has 0 bridgehead atoms. The van der Waals surface area contributed by atoms with Gasteiger partial charge in [-0.25, -0.2) is 9.67 Å². The fraction of sp³-hybridized carbons (Fsp3) is 0.286. The molecule has 2 aromatic heterocycles. The first-order chi connectivity index (χ1) is 8.99. The van der Waals surface area contributed by atoms with E-state index >= 15 is 0 Å². The van der Waals surface area contributed by atoms with Crippen LogP contribution < -0.4 is 5.73 Å². The highest BCUT2D eigenvalue weighted by molar-refractivity contribution is 5.80. The van der Waals surface area contributed by atoms with Crippen LogP contribution >= 0.6 is 0 Å². The first-order valence-corrected chi connectivity index (χ1v) is 6.23. The van der Waals surface area contributed by atoms with Crippen LogP contribution in [0.4, 0.5) is 5.69 Å². The van der Waals surface area contributed by atoms with Crippen LogP contribution in [0.2, 0.25) is 0 Å². The molecular weight excluding hydrogens is 238 g/mol. The van der Waals surface area contributed by atoms with Gasteiger partial charge in [0.25, 0.3) is 0 Å². The van der Waals surface area contributed by atoms with Crippen molar-refractivity contribution in [2.45, 2.75) is 20.8 Å². The Balaban J connectivity index is 2.34.